The second-order valence-electron chi connectivity index (χ2n) is 4.95. The first-order valence-corrected chi connectivity index (χ1v) is 6.46. The van der Waals surface area contributed by atoms with Gasteiger partial charge in [0.25, 0.3) is 5.91 Å². The Morgan fingerprint density at radius 3 is 2.53 bits per heavy atom. The summed E-state index contributed by atoms with van der Waals surface area (Å²) >= 11 is 0. The molecule has 1 saturated carbocycles. The van der Waals surface area contributed by atoms with Crippen molar-refractivity contribution in [3.63, 3.8) is 0 Å². The van der Waals surface area contributed by atoms with Crippen LogP contribution in [0.4, 0.5) is 5.69 Å². The molecule has 1 aliphatic rings. The van der Waals surface area contributed by atoms with E-state index < -0.39 is 0 Å². The number of nitrogens with two attached hydrogens (primary N) is 1. The van der Waals surface area contributed by atoms with Crippen LogP contribution in [-0.4, -0.2) is 11.9 Å². The third-order valence-electron chi connectivity index (χ3n) is 3.45. The van der Waals surface area contributed by atoms with E-state index in [0.717, 1.165) is 12.1 Å². The lowest BCUT2D eigenvalue weighted by Crippen LogP contribution is -2.11. The zero-order chi connectivity index (χ0) is 13.2. The van der Waals surface area contributed by atoms with Crippen LogP contribution in [0.3, 0.4) is 0 Å². The molecule has 0 bridgehead atoms. The monoisotopic (exact) mass is 252 g/mol. The summed E-state index contributed by atoms with van der Waals surface area (Å²) in [4.78, 5) is 12.0. The van der Waals surface area contributed by atoms with Gasteiger partial charge < -0.3 is 11.1 Å². The lowest BCUT2D eigenvalue weighted by molar-refractivity contribution is 0.102. The third-order valence-corrected chi connectivity index (χ3v) is 3.45. The number of hydrogen-bond donors (Lipinski definition) is 2. The fourth-order valence-electron chi connectivity index (χ4n) is 2.24. The van der Waals surface area contributed by atoms with Crippen LogP contribution in [0.5, 0.6) is 0 Å². The van der Waals surface area contributed by atoms with Gasteiger partial charge in [-0.1, -0.05) is 30.3 Å². The standard InChI is InChI=1S/C16H16N2O/c17-15-10-14(15)12-7-4-8-13(9-12)18-16(19)11-5-2-1-3-6-11/h1-9,14-15H,10,17H2,(H,18,19)/t14-,15-/m1/s1. The Bertz CT molecular complexity index is 595. The molecule has 3 nitrogen and oxygen atoms in total. The van der Waals surface area contributed by atoms with Crippen molar-refractivity contribution in [3.05, 3.63) is 65.7 Å². The van der Waals surface area contributed by atoms with E-state index in [0.29, 0.717) is 11.5 Å². The number of benzene rings is 2. The number of amides is 1. The smallest absolute Gasteiger partial charge is 0.255 e. The second-order valence-corrected chi connectivity index (χ2v) is 4.95. The van der Waals surface area contributed by atoms with Gasteiger partial charge in [-0.15, -0.1) is 0 Å². The van der Waals surface area contributed by atoms with E-state index in [1.807, 2.05) is 36.4 Å². The first kappa shape index (κ1) is 11.9. The van der Waals surface area contributed by atoms with Gasteiger partial charge in [-0.3, -0.25) is 4.79 Å². The fraction of sp³-hybridized carbons (Fsp3) is 0.188. The summed E-state index contributed by atoms with van der Waals surface area (Å²) in [5.41, 5.74) is 8.55. The Balaban J connectivity index is 1.75. The number of hydrogen-bond acceptors (Lipinski definition) is 2. The van der Waals surface area contributed by atoms with Crippen LogP contribution in [0.25, 0.3) is 0 Å². The van der Waals surface area contributed by atoms with Crippen LogP contribution in [0.1, 0.15) is 28.3 Å². The molecule has 19 heavy (non-hydrogen) atoms. The summed E-state index contributed by atoms with van der Waals surface area (Å²) in [5, 5.41) is 2.92. The highest BCUT2D eigenvalue weighted by Crippen LogP contribution is 2.39. The maximum Gasteiger partial charge on any atom is 0.255 e. The van der Waals surface area contributed by atoms with E-state index >= 15 is 0 Å². The quantitative estimate of drug-likeness (QED) is 0.882. The Labute approximate surface area is 112 Å². The summed E-state index contributed by atoms with van der Waals surface area (Å²) in [6, 6.07) is 17.4. The minimum Gasteiger partial charge on any atom is -0.327 e. The molecule has 2 aromatic carbocycles. The molecule has 1 amide bonds. The molecule has 0 spiro atoms. The second kappa shape index (κ2) is 4.86. The van der Waals surface area contributed by atoms with Crippen molar-refractivity contribution in [2.45, 2.75) is 18.4 Å². The highest BCUT2D eigenvalue weighted by molar-refractivity contribution is 6.04. The van der Waals surface area contributed by atoms with Crippen molar-refractivity contribution >= 4 is 11.6 Å². The summed E-state index contributed by atoms with van der Waals surface area (Å²) in [7, 11) is 0. The van der Waals surface area contributed by atoms with Crippen molar-refractivity contribution in [3.8, 4) is 0 Å². The zero-order valence-electron chi connectivity index (χ0n) is 10.5. The Kier molecular flexibility index (Phi) is 3.05. The molecule has 0 heterocycles. The van der Waals surface area contributed by atoms with E-state index in [-0.39, 0.29) is 11.9 Å². The molecular weight excluding hydrogens is 236 g/mol. The third kappa shape index (κ3) is 2.66. The molecule has 0 unspecified atom stereocenters. The van der Waals surface area contributed by atoms with Crippen LogP contribution in [-0.2, 0) is 0 Å². The molecule has 3 heteroatoms. The molecule has 3 rings (SSSR count). The van der Waals surface area contributed by atoms with E-state index in [4.69, 9.17) is 5.73 Å². The number of carbonyl (C=O) groups excluding carboxylic acids is 1. The Hall–Kier alpha value is -2.13. The normalized spacial score (nSPS) is 20.9. The average Bonchev–Trinajstić information content (AvgIpc) is 3.17. The number of nitrogens with one attached hydrogen (secondary N) is 1. The average molecular weight is 252 g/mol. The van der Waals surface area contributed by atoms with Crippen LogP contribution in [0.2, 0.25) is 0 Å². The summed E-state index contributed by atoms with van der Waals surface area (Å²) in [5.74, 6) is 0.367. The maximum absolute atomic E-state index is 12.0. The van der Waals surface area contributed by atoms with Gasteiger partial charge >= 0.3 is 0 Å². The van der Waals surface area contributed by atoms with Crippen LogP contribution >= 0.6 is 0 Å². The predicted molar refractivity (Wildman–Crippen MR) is 76.2 cm³/mol. The van der Waals surface area contributed by atoms with Crippen LogP contribution in [0.15, 0.2) is 54.6 Å². The minimum absolute atomic E-state index is 0.0853. The van der Waals surface area contributed by atoms with Gasteiger partial charge in [0.2, 0.25) is 0 Å². The van der Waals surface area contributed by atoms with E-state index in [1.54, 1.807) is 12.1 Å². The highest BCUT2D eigenvalue weighted by atomic mass is 16.1. The van der Waals surface area contributed by atoms with Gasteiger partial charge in [-0.05, 0) is 36.2 Å². The van der Waals surface area contributed by atoms with Gasteiger partial charge in [0, 0.05) is 23.2 Å². The molecule has 1 fully saturated rings. The Morgan fingerprint density at radius 1 is 1.11 bits per heavy atom. The van der Waals surface area contributed by atoms with Crippen molar-refractivity contribution < 1.29 is 4.79 Å². The van der Waals surface area contributed by atoms with Crippen molar-refractivity contribution in [2.24, 2.45) is 5.73 Å². The molecular formula is C16H16N2O. The largest absolute Gasteiger partial charge is 0.327 e. The number of carbonyl (C=O) groups is 1. The molecule has 0 saturated heterocycles. The molecule has 2 aromatic rings. The topological polar surface area (TPSA) is 55.1 Å². The van der Waals surface area contributed by atoms with Gasteiger partial charge in [-0.25, -0.2) is 0 Å². The molecule has 96 valence electrons. The summed E-state index contributed by atoms with van der Waals surface area (Å²) in [6.45, 7) is 0. The molecule has 0 aliphatic heterocycles. The number of rotatable bonds is 3. The molecule has 3 N–H and O–H groups in total. The van der Waals surface area contributed by atoms with E-state index in [1.165, 1.54) is 5.56 Å². The predicted octanol–water partition coefficient (Wildman–Crippen LogP) is 2.75. The summed E-state index contributed by atoms with van der Waals surface area (Å²) in [6.07, 6.45) is 1.04. The van der Waals surface area contributed by atoms with Crippen molar-refractivity contribution in [1.29, 1.82) is 0 Å². The van der Waals surface area contributed by atoms with E-state index in [9.17, 15) is 4.79 Å². The zero-order valence-corrected chi connectivity index (χ0v) is 10.5. The molecule has 2 atom stereocenters. The fourth-order valence-corrected chi connectivity index (χ4v) is 2.24. The lowest BCUT2D eigenvalue weighted by Gasteiger charge is -2.07. The van der Waals surface area contributed by atoms with E-state index in [2.05, 4.69) is 11.4 Å². The van der Waals surface area contributed by atoms with Gasteiger partial charge in [-0.2, -0.15) is 0 Å². The molecule has 0 radical (unpaired) electrons. The van der Waals surface area contributed by atoms with Crippen LogP contribution < -0.4 is 11.1 Å². The van der Waals surface area contributed by atoms with Gasteiger partial charge in [0.05, 0.1) is 0 Å². The molecule has 1 aliphatic carbocycles. The SMILES string of the molecule is N[C@@H]1C[C@@H]1c1cccc(NC(=O)c2ccccc2)c1. The first-order valence-electron chi connectivity index (χ1n) is 6.46. The summed E-state index contributed by atoms with van der Waals surface area (Å²) < 4.78 is 0. The van der Waals surface area contributed by atoms with Crippen LogP contribution in [0, 0.1) is 0 Å². The highest BCUT2D eigenvalue weighted by Gasteiger charge is 2.34. The maximum atomic E-state index is 12.0. The first-order chi connectivity index (χ1) is 9.24. The Morgan fingerprint density at radius 2 is 1.84 bits per heavy atom. The van der Waals surface area contributed by atoms with Gasteiger partial charge in [0.15, 0.2) is 0 Å². The lowest BCUT2D eigenvalue weighted by atomic mass is 10.1. The molecule has 0 aromatic heterocycles. The van der Waals surface area contributed by atoms with Crippen molar-refractivity contribution in [1.82, 2.24) is 0 Å². The van der Waals surface area contributed by atoms with Crippen molar-refractivity contribution in [2.75, 3.05) is 5.32 Å². The number of anilines is 1. The van der Waals surface area contributed by atoms with Gasteiger partial charge in [0.1, 0.15) is 0 Å². The minimum atomic E-state index is -0.0853.